The highest BCUT2D eigenvalue weighted by atomic mass is 15.2. The normalized spacial score (nSPS) is 16.1. The lowest BCUT2D eigenvalue weighted by molar-refractivity contribution is 0.568. The van der Waals surface area contributed by atoms with Gasteiger partial charge in [-0.3, -0.25) is 0 Å². The largest absolute Gasteiger partial charge is 0.310 e. The van der Waals surface area contributed by atoms with E-state index in [-0.39, 0.29) is 89.8 Å². The van der Waals surface area contributed by atoms with Crippen LogP contribution in [0.5, 0.6) is 0 Å². The summed E-state index contributed by atoms with van der Waals surface area (Å²) in [4.78, 5) is 3.52. The van der Waals surface area contributed by atoms with Gasteiger partial charge in [-0.15, -0.1) is 0 Å². The summed E-state index contributed by atoms with van der Waals surface area (Å²) in [5.41, 5.74) is 5.20. The van der Waals surface area contributed by atoms with Gasteiger partial charge in [0.1, 0.15) is 0 Å². The summed E-state index contributed by atoms with van der Waals surface area (Å²) >= 11 is 0. The molecule has 19 rings (SSSR count). The highest BCUT2D eigenvalue weighted by molar-refractivity contribution is 7.00. The van der Waals surface area contributed by atoms with E-state index >= 15 is 0 Å². The van der Waals surface area contributed by atoms with Gasteiger partial charge in [-0.1, -0.05) is 393 Å². The number of fused-ring (bicyclic) bond motifs is 10. The molecule has 2 aromatic heterocycles. The van der Waals surface area contributed by atoms with E-state index in [9.17, 15) is 32.9 Å². The Balaban J connectivity index is 1.14. The average molecular weight is 1740 g/mol. The molecule has 0 fully saturated rings. The van der Waals surface area contributed by atoms with E-state index in [4.69, 9.17) is 0 Å². The van der Waals surface area contributed by atoms with Crippen molar-refractivity contribution in [3.8, 4) is 78.1 Å². The zero-order valence-electron chi connectivity index (χ0n) is 105. The minimum absolute atomic E-state index is 0.0290. The van der Waals surface area contributed by atoms with E-state index in [0.29, 0.717) is 44.5 Å². The first-order chi connectivity index (χ1) is 71.7. The molecule has 0 amide bonds. The van der Waals surface area contributed by atoms with Gasteiger partial charge < -0.3 is 18.9 Å². The molecule has 0 bridgehead atoms. The maximum atomic E-state index is 12.3. The second-order valence-corrected chi connectivity index (χ2v) is 45.4. The number of benzene rings is 15. The van der Waals surface area contributed by atoms with Gasteiger partial charge in [-0.2, -0.15) is 0 Å². The molecular weight excluding hydrogens is 1580 g/mol. The van der Waals surface area contributed by atoms with Gasteiger partial charge in [0.05, 0.1) is 66.3 Å². The number of nitrogens with zero attached hydrogens (tertiary/aromatic N) is 4. The fraction of sp³-hybridized carbons (Fsp3) is 0.286. The van der Waals surface area contributed by atoms with E-state index < -0.39 is 222 Å². The Hall–Kier alpha value is -12.4. The standard InChI is InChI=1S/C126H131BN4/c1-118(2,3)86-60-80(82-62-88(120(7,8)9)68-89(63-82)121(10,11)12)58-84(66-86)103-72-92(124(19,20)21)70-101(78-42-30-28-31-43-78)116(103)130-111-76-95(128-107-50-38-34-46-97(107)98-47-35-39-51-108(98)128)54-56-105(111)127-106-57-55-96(129-109-52-40-36-48-99(109)100-49-37-41-53-110(100)129)77-112(106)131(114-75-94(126(25,26)27)74-113(130)115(114)127)117-102(79-44-32-29-33-45-79)71-93(125(22,23)24)73-104(117)85-59-81(61-87(67-85)119(4,5)6)83-64-90(122(13,14)15)69-91(65-83)123(16,17)18/h28-77H,1-27H3/i34D,35D,36D,37D,38D,39D,40D,41D,46D,47D,48D,49D,50D,51D,52D,53D,54D,55D,56D,57D,74D,75D,76D,77D. The van der Waals surface area contributed by atoms with Gasteiger partial charge >= 0.3 is 0 Å². The van der Waals surface area contributed by atoms with Crippen LogP contribution in [0, 0.1) is 0 Å². The van der Waals surface area contributed by atoms with Crippen molar-refractivity contribution in [2.75, 3.05) is 9.80 Å². The van der Waals surface area contributed by atoms with Crippen molar-refractivity contribution < 1.29 is 32.9 Å². The van der Waals surface area contributed by atoms with Crippen LogP contribution in [0.3, 0.4) is 0 Å². The van der Waals surface area contributed by atoms with Crippen LogP contribution in [0.15, 0.2) is 303 Å². The molecular formula is C126H131BN4. The first kappa shape index (κ1) is 63.6. The molecule has 0 N–H and O–H groups in total. The predicted octanol–water partition coefficient (Wildman–Crippen LogP) is 33.6. The molecule has 15 aromatic carbocycles. The summed E-state index contributed by atoms with van der Waals surface area (Å²) in [5, 5.41) is -1.63. The Labute approximate surface area is 815 Å². The van der Waals surface area contributed by atoms with Crippen molar-refractivity contribution in [1.82, 2.24) is 9.13 Å². The maximum absolute atomic E-state index is 12.3. The zero-order chi connectivity index (χ0) is 114. The number of rotatable bonds is 10. The maximum Gasteiger partial charge on any atom is 0.252 e. The van der Waals surface area contributed by atoms with Crippen molar-refractivity contribution in [1.29, 1.82) is 0 Å². The molecule has 0 spiro atoms. The first-order valence-corrected chi connectivity index (χ1v) is 45.9. The molecule has 0 radical (unpaired) electrons. The Bertz CT molecular complexity index is 8260. The van der Waals surface area contributed by atoms with Crippen molar-refractivity contribution in [3.63, 3.8) is 0 Å². The Morgan fingerprint density at radius 2 is 0.466 bits per heavy atom. The molecule has 4 nitrogen and oxygen atoms in total. The molecule has 131 heavy (non-hydrogen) atoms. The molecule has 2 aliphatic rings. The van der Waals surface area contributed by atoms with Crippen LogP contribution >= 0.6 is 0 Å². The van der Waals surface area contributed by atoms with Crippen LogP contribution in [0.1, 0.15) is 270 Å². The highest BCUT2D eigenvalue weighted by Gasteiger charge is 2.47. The summed E-state index contributed by atoms with van der Waals surface area (Å²) in [6.07, 6.45) is 0. The first-order valence-electron chi connectivity index (χ1n) is 57.9. The third kappa shape index (κ3) is 15.8. The third-order valence-corrected chi connectivity index (χ3v) is 26.4. The smallest absolute Gasteiger partial charge is 0.252 e. The van der Waals surface area contributed by atoms with Crippen LogP contribution < -0.4 is 26.2 Å². The lowest BCUT2D eigenvalue weighted by atomic mass is 9.33. The lowest BCUT2D eigenvalue weighted by Crippen LogP contribution is -2.61. The molecule has 658 valence electrons. The molecule has 0 aliphatic carbocycles. The number of para-hydroxylation sites is 4. The van der Waals surface area contributed by atoms with Gasteiger partial charge in [-0.25, -0.2) is 0 Å². The minimum Gasteiger partial charge on any atom is -0.310 e. The summed E-state index contributed by atoms with van der Waals surface area (Å²) < 4.78 is 255. The third-order valence-electron chi connectivity index (χ3n) is 26.4. The second-order valence-electron chi connectivity index (χ2n) is 45.4. The van der Waals surface area contributed by atoms with Crippen LogP contribution in [0.4, 0.5) is 34.1 Å². The summed E-state index contributed by atoms with van der Waals surface area (Å²) in [5.74, 6) is 0. The number of anilines is 6. The summed E-state index contributed by atoms with van der Waals surface area (Å²) in [7, 11) is 0. The van der Waals surface area contributed by atoms with Gasteiger partial charge in [0.25, 0.3) is 6.71 Å². The number of hydrogen-bond acceptors (Lipinski definition) is 2. The Kier molecular flexibility index (Phi) is 15.1. The lowest BCUT2D eigenvalue weighted by Gasteiger charge is -2.47. The Morgan fingerprint density at radius 1 is 0.221 bits per heavy atom. The quantitative estimate of drug-likeness (QED) is 0.127. The predicted molar refractivity (Wildman–Crippen MR) is 570 cm³/mol. The number of aromatic nitrogens is 2. The molecule has 5 heteroatoms. The summed E-state index contributed by atoms with van der Waals surface area (Å²) in [6.45, 7) is 55.3. The van der Waals surface area contributed by atoms with Gasteiger partial charge in [0.15, 0.2) is 0 Å². The van der Waals surface area contributed by atoms with E-state index in [1.54, 1.807) is 9.80 Å². The van der Waals surface area contributed by atoms with E-state index in [1.165, 1.54) is 0 Å². The average Bonchev–Trinajstić information content (AvgIpc) is 1.45. The van der Waals surface area contributed by atoms with Gasteiger partial charge in [-0.05, 0) is 257 Å². The van der Waals surface area contributed by atoms with Crippen LogP contribution in [0.2, 0.25) is 0 Å². The van der Waals surface area contributed by atoms with Crippen molar-refractivity contribution in [3.05, 3.63) is 353 Å². The van der Waals surface area contributed by atoms with Crippen molar-refractivity contribution in [2.45, 2.75) is 236 Å². The van der Waals surface area contributed by atoms with Crippen LogP contribution in [-0.4, -0.2) is 15.8 Å². The molecule has 0 atom stereocenters. The highest BCUT2D eigenvalue weighted by Crippen LogP contribution is 2.58. The second kappa shape index (κ2) is 31.1. The molecule has 17 aromatic rings. The molecule has 0 saturated heterocycles. The van der Waals surface area contributed by atoms with Crippen molar-refractivity contribution >= 4 is 101 Å². The topological polar surface area (TPSA) is 16.3 Å². The molecule has 4 heterocycles. The number of hydrogen-bond donors (Lipinski definition) is 0. The van der Waals surface area contributed by atoms with Gasteiger partial charge in [0.2, 0.25) is 0 Å². The Morgan fingerprint density at radius 3 is 0.748 bits per heavy atom. The van der Waals surface area contributed by atoms with E-state index in [2.05, 4.69) is 263 Å². The van der Waals surface area contributed by atoms with Crippen molar-refractivity contribution in [2.24, 2.45) is 0 Å². The zero-order valence-corrected chi connectivity index (χ0v) is 80.9. The fourth-order valence-corrected chi connectivity index (χ4v) is 18.5. The molecule has 0 unspecified atom stereocenters. The van der Waals surface area contributed by atoms with E-state index in [0.717, 1.165) is 75.9 Å². The molecule has 0 saturated carbocycles. The summed E-state index contributed by atoms with van der Waals surface area (Å²) in [6, 6.07) is 36.0. The monoisotopic (exact) mass is 1740 g/mol. The SMILES string of the molecule is [2H]c1c([2H])c(-n2c3c([2H])c([2H])c([2H])c([2H])c3c3c([2H])c([2H])c([2H])c([2H])c32)c([2H])c2c1B1c3c([2H])c([2H])c(-n4c5c([2H])c([2H])c([2H])c([2H])c5c5c([2H])c([2H])c([2H])c([2H])c54)c([2H])c3N(c3c(-c4ccccc4)cc(C(C)(C)C)cc3-c3cc(-c4cc(C(C)(C)C)cc(C(C)(C)C)c4)cc(C(C)(C)C)c3)c3c([2H])c(C(C)(C)C)c([2H])c(c31)N2c1c(-c2ccccc2)cc(C(C)(C)C)cc1-c1cc(-c2cc(C(C)(C)C)cc(C(C)(C)C)c2)cc(C(C)(C)C)c1. The molecule has 2 aliphatic heterocycles. The van der Waals surface area contributed by atoms with Crippen LogP contribution in [0.25, 0.3) is 122 Å². The van der Waals surface area contributed by atoms with Crippen LogP contribution in [-0.2, 0) is 48.7 Å². The van der Waals surface area contributed by atoms with E-state index in [1.807, 2.05) is 81.4 Å². The van der Waals surface area contributed by atoms with Gasteiger partial charge in [0, 0.05) is 77.9 Å². The minimum atomic E-state index is -1.98. The fourth-order valence-electron chi connectivity index (χ4n) is 18.5.